The van der Waals surface area contributed by atoms with Crippen LogP contribution < -0.4 is 10.6 Å². The van der Waals surface area contributed by atoms with Crippen LogP contribution in [0.5, 0.6) is 0 Å². The molecule has 10 nitrogen and oxygen atoms in total. The van der Waals surface area contributed by atoms with E-state index in [9.17, 15) is 24.3 Å². The molecule has 0 radical (unpaired) electrons. The number of amides is 2. The SMILES string of the molecule is COC(=O)c1ccc(-c2ccc(CC(NC(=O)C3CCC(CNC(=O)OC(C)(C)C)CC3)C(=O)O)cc2)c(C)n1. The Morgan fingerprint density at radius 2 is 1.68 bits per heavy atom. The molecule has 0 bridgehead atoms. The minimum absolute atomic E-state index is 0.148. The van der Waals surface area contributed by atoms with Gasteiger partial charge in [0.05, 0.1) is 7.11 Å². The fourth-order valence-electron chi connectivity index (χ4n) is 4.80. The van der Waals surface area contributed by atoms with E-state index in [0.29, 0.717) is 25.1 Å². The molecular weight excluding hydrogens is 514 g/mol. The van der Waals surface area contributed by atoms with Crippen LogP contribution in [0.15, 0.2) is 36.4 Å². The summed E-state index contributed by atoms with van der Waals surface area (Å²) in [5.41, 5.74) is 2.83. The van der Waals surface area contributed by atoms with Crippen LogP contribution in [0.3, 0.4) is 0 Å². The van der Waals surface area contributed by atoms with Gasteiger partial charge in [-0.25, -0.2) is 19.4 Å². The molecule has 1 aromatic heterocycles. The molecule has 1 atom stereocenters. The summed E-state index contributed by atoms with van der Waals surface area (Å²) in [5, 5.41) is 15.3. The number of carbonyl (C=O) groups excluding carboxylic acids is 3. The van der Waals surface area contributed by atoms with Gasteiger partial charge in [-0.2, -0.15) is 0 Å². The average molecular weight is 554 g/mol. The molecule has 0 aliphatic heterocycles. The molecule has 1 aliphatic rings. The Morgan fingerprint density at radius 3 is 2.23 bits per heavy atom. The summed E-state index contributed by atoms with van der Waals surface area (Å²) in [6, 6.07) is 9.74. The fourth-order valence-corrected chi connectivity index (χ4v) is 4.80. The van der Waals surface area contributed by atoms with Crippen molar-refractivity contribution in [2.24, 2.45) is 11.8 Å². The highest BCUT2D eigenvalue weighted by Gasteiger charge is 2.30. The van der Waals surface area contributed by atoms with Crippen molar-refractivity contribution in [2.75, 3.05) is 13.7 Å². The Labute approximate surface area is 234 Å². The van der Waals surface area contributed by atoms with Crippen LogP contribution >= 0.6 is 0 Å². The van der Waals surface area contributed by atoms with Crippen LogP contribution in [0.1, 0.15) is 68.2 Å². The maximum atomic E-state index is 12.9. The van der Waals surface area contributed by atoms with Crippen LogP contribution in [0.2, 0.25) is 0 Å². The quantitative estimate of drug-likeness (QED) is 0.390. The lowest BCUT2D eigenvalue weighted by Gasteiger charge is -2.29. The number of methoxy groups -OCH3 is 1. The van der Waals surface area contributed by atoms with Crippen molar-refractivity contribution in [3.05, 3.63) is 53.3 Å². The minimum Gasteiger partial charge on any atom is -0.480 e. The number of hydrogen-bond donors (Lipinski definition) is 3. The van der Waals surface area contributed by atoms with Crippen molar-refractivity contribution >= 4 is 23.9 Å². The van der Waals surface area contributed by atoms with E-state index < -0.39 is 29.7 Å². The Bertz CT molecular complexity index is 1210. The van der Waals surface area contributed by atoms with Crippen molar-refractivity contribution in [3.8, 4) is 11.1 Å². The number of rotatable bonds is 9. The van der Waals surface area contributed by atoms with Crippen LogP contribution in [-0.2, 0) is 25.5 Å². The summed E-state index contributed by atoms with van der Waals surface area (Å²) < 4.78 is 9.98. The third-order valence-corrected chi connectivity index (χ3v) is 6.95. The highest BCUT2D eigenvalue weighted by Crippen LogP contribution is 2.29. The molecule has 0 saturated heterocycles. The van der Waals surface area contributed by atoms with Gasteiger partial charge >= 0.3 is 18.0 Å². The second kappa shape index (κ2) is 13.4. The molecule has 3 N–H and O–H groups in total. The van der Waals surface area contributed by atoms with Crippen molar-refractivity contribution in [1.29, 1.82) is 0 Å². The number of esters is 1. The first-order chi connectivity index (χ1) is 18.9. The molecule has 216 valence electrons. The van der Waals surface area contributed by atoms with Crippen LogP contribution in [0.25, 0.3) is 11.1 Å². The number of nitrogens with zero attached hydrogens (tertiary/aromatic N) is 1. The zero-order chi connectivity index (χ0) is 29.4. The molecule has 1 saturated carbocycles. The molecule has 1 aromatic carbocycles. The lowest BCUT2D eigenvalue weighted by atomic mass is 9.81. The Morgan fingerprint density at radius 1 is 1.02 bits per heavy atom. The van der Waals surface area contributed by atoms with E-state index in [1.807, 2.05) is 45.0 Å². The van der Waals surface area contributed by atoms with Gasteiger partial charge in [-0.05, 0) is 76.5 Å². The predicted molar refractivity (Wildman–Crippen MR) is 149 cm³/mol. The summed E-state index contributed by atoms with van der Waals surface area (Å²) in [6.45, 7) is 7.72. The van der Waals surface area contributed by atoms with E-state index in [1.54, 1.807) is 19.1 Å². The summed E-state index contributed by atoms with van der Waals surface area (Å²) in [7, 11) is 1.30. The molecule has 2 aromatic rings. The van der Waals surface area contributed by atoms with Crippen LogP contribution in [0, 0.1) is 18.8 Å². The molecule has 1 aliphatic carbocycles. The monoisotopic (exact) mass is 553 g/mol. The second-order valence-electron chi connectivity index (χ2n) is 11.2. The standard InChI is InChI=1S/C30H39N3O7/c1-18-23(14-15-24(32-18)28(37)39-5)21-10-6-19(7-11-21)16-25(27(35)36)33-26(34)22-12-8-20(9-13-22)17-31-29(38)40-30(2,3)4/h6-7,10-11,14-15,20,22,25H,8-9,12-13,16-17H2,1-5H3,(H,31,38)(H,33,34)(H,35,36). The molecular formula is C30H39N3O7. The highest BCUT2D eigenvalue weighted by atomic mass is 16.6. The van der Waals surface area contributed by atoms with Gasteiger partial charge in [-0.1, -0.05) is 30.3 Å². The van der Waals surface area contributed by atoms with E-state index in [1.165, 1.54) is 7.11 Å². The number of alkyl carbamates (subject to hydrolysis) is 1. The number of aliphatic carboxylic acids is 1. The highest BCUT2D eigenvalue weighted by molar-refractivity contribution is 5.88. The number of hydrogen-bond acceptors (Lipinski definition) is 7. The van der Waals surface area contributed by atoms with Gasteiger partial charge in [-0.15, -0.1) is 0 Å². The van der Waals surface area contributed by atoms with Gasteiger partial charge in [-0.3, -0.25) is 4.79 Å². The van der Waals surface area contributed by atoms with Gasteiger partial charge in [0, 0.05) is 30.1 Å². The van der Waals surface area contributed by atoms with E-state index in [2.05, 4.69) is 15.6 Å². The van der Waals surface area contributed by atoms with E-state index >= 15 is 0 Å². The number of aryl methyl sites for hydroxylation is 1. The van der Waals surface area contributed by atoms with Crippen molar-refractivity contribution in [1.82, 2.24) is 15.6 Å². The number of aromatic nitrogens is 1. The van der Waals surface area contributed by atoms with Gasteiger partial charge in [0.1, 0.15) is 17.3 Å². The second-order valence-corrected chi connectivity index (χ2v) is 11.2. The summed E-state index contributed by atoms with van der Waals surface area (Å²) >= 11 is 0. The largest absolute Gasteiger partial charge is 0.480 e. The molecule has 3 rings (SSSR count). The van der Waals surface area contributed by atoms with Gasteiger partial charge in [0.15, 0.2) is 0 Å². The maximum absolute atomic E-state index is 12.9. The lowest BCUT2D eigenvalue weighted by Crippen LogP contribution is -2.46. The fraction of sp³-hybridized carbons (Fsp3) is 0.500. The lowest BCUT2D eigenvalue weighted by molar-refractivity contribution is -0.142. The molecule has 1 unspecified atom stereocenters. The minimum atomic E-state index is -1.09. The Balaban J connectivity index is 1.52. The topological polar surface area (TPSA) is 144 Å². The van der Waals surface area contributed by atoms with Gasteiger partial charge in [0.25, 0.3) is 0 Å². The van der Waals surface area contributed by atoms with Crippen LogP contribution in [0.4, 0.5) is 4.79 Å². The summed E-state index contributed by atoms with van der Waals surface area (Å²) in [4.78, 5) is 52.8. The predicted octanol–water partition coefficient (Wildman–Crippen LogP) is 4.29. The molecule has 10 heteroatoms. The van der Waals surface area contributed by atoms with Crippen molar-refractivity contribution in [2.45, 2.75) is 71.4 Å². The maximum Gasteiger partial charge on any atom is 0.407 e. The molecule has 1 fully saturated rings. The van der Waals surface area contributed by atoms with Crippen molar-refractivity contribution < 1.29 is 33.8 Å². The van der Waals surface area contributed by atoms with Crippen molar-refractivity contribution in [3.63, 3.8) is 0 Å². The molecule has 1 heterocycles. The smallest absolute Gasteiger partial charge is 0.407 e. The van der Waals surface area contributed by atoms with E-state index in [4.69, 9.17) is 9.47 Å². The first kappa shape index (κ1) is 30.6. The normalized spacial score (nSPS) is 17.8. The first-order valence-corrected chi connectivity index (χ1v) is 13.5. The summed E-state index contributed by atoms with van der Waals surface area (Å²) in [5.74, 6) is -1.86. The number of carboxylic acid groups (broad SMARTS) is 1. The number of ether oxygens (including phenoxy) is 2. The van der Waals surface area contributed by atoms with Gasteiger partial charge in [0.2, 0.25) is 5.91 Å². The molecule has 40 heavy (non-hydrogen) atoms. The number of carbonyl (C=O) groups is 4. The van der Waals surface area contributed by atoms with E-state index in [-0.39, 0.29) is 29.9 Å². The van der Waals surface area contributed by atoms with Gasteiger partial charge < -0.3 is 25.2 Å². The van der Waals surface area contributed by atoms with Crippen LogP contribution in [-0.4, -0.2) is 59.3 Å². The zero-order valence-corrected chi connectivity index (χ0v) is 23.8. The Kier molecular flexibility index (Phi) is 10.3. The zero-order valence-electron chi connectivity index (χ0n) is 23.8. The summed E-state index contributed by atoms with van der Waals surface area (Å²) in [6.07, 6.45) is 2.50. The third-order valence-electron chi connectivity index (χ3n) is 6.95. The number of benzene rings is 1. The number of nitrogens with one attached hydrogen (secondary N) is 2. The number of pyridine rings is 1. The Hall–Kier alpha value is -3.95. The molecule has 0 spiro atoms. The average Bonchev–Trinajstić information content (AvgIpc) is 2.90. The van der Waals surface area contributed by atoms with E-state index in [0.717, 1.165) is 29.5 Å². The third kappa shape index (κ3) is 8.79. The molecule has 2 amide bonds. The number of carboxylic acids is 1. The first-order valence-electron chi connectivity index (χ1n) is 13.5.